The Morgan fingerprint density at radius 1 is 1.43 bits per heavy atom. The van der Waals surface area contributed by atoms with Crippen molar-refractivity contribution in [2.45, 2.75) is 13.5 Å². The molecule has 0 unspecified atom stereocenters. The van der Waals surface area contributed by atoms with Crippen molar-refractivity contribution >= 4 is 23.2 Å². The Hall–Kier alpha value is -2.47. The monoisotopic (exact) mass is 305 g/mol. The molecule has 0 saturated carbocycles. The molecule has 1 aromatic heterocycles. The molecule has 0 aliphatic rings. The molecule has 1 N–H and O–H groups in total. The van der Waals surface area contributed by atoms with Crippen LogP contribution in [0, 0.1) is 17.0 Å². The first-order valence-electron chi connectivity index (χ1n) is 6.10. The average molecular weight is 306 g/mol. The number of pyridine rings is 1. The van der Waals surface area contributed by atoms with Gasteiger partial charge >= 0.3 is 0 Å². The van der Waals surface area contributed by atoms with Crippen molar-refractivity contribution in [3.05, 3.63) is 68.5 Å². The summed E-state index contributed by atoms with van der Waals surface area (Å²) in [6.45, 7) is 2.18. The topological polar surface area (TPSA) is 85.1 Å². The van der Waals surface area contributed by atoms with Crippen LogP contribution in [0.4, 0.5) is 5.69 Å². The second kappa shape index (κ2) is 6.32. The Bertz CT molecular complexity index is 704. The van der Waals surface area contributed by atoms with Gasteiger partial charge in [0.05, 0.1) is 15.5 Å². The van der Waals surface area contributed by atoms with Crippen molar-refractivity contribution in [2.24, 2.45) is 0 Å². The molecule has 0 fully saturated rings. The van der Waals surface area contributed by atoms with Crippen LogP contribution in [0.15, 0.2) is 36.7 Å². The standard InChI is InChI=1S/C14H12ClN3O3/c1-9-4-5-16-7-10(9)8-17-14(19)12-6-11(18(20)21)2-3-13(12)15/h2-7H,8H2,1H3,(H,17,19). The van der Waals surface area contributed by atoms with E-state index < -0.39 is 10.8 Å². The number of nitro benzene ring substituents is 1. The minimum atomic E-state index is -0.571. The van der Waals surface area contributed by atoms with E-state index in [9.17, 15) is 14.9 Å². The van der Waals surface area contributed by atoms with E-state index in [1.54, 1.807) is 12.4 Å². The number of benzene rings is 1. The smallest absolute Gasteiger partial charge is 0.270 e. The van der Waals surface area contributed by atoms with Gasteiger partial charge in [0.2, 0.25) is 0 Å². The molecular formula is C14H12ClN3O3. The fourth-order valence-corrected chi connectivity index (χ4v) is 1.96. The zero-order valence-corrected chi connectivity index (χ0v) is 11.9. The predicted octanol–water partition coefficient (Wildman–Crippen LogP) is 2.88. The number of amides is 1. The van der Waals surface area contributed by atoms with Crippen LogP contribution >= 0.6 is 11.6 Å². The Kier molecular flexibility index (Phi) is 4.49. The number of aromatic nitrogens is 1. The molecule has 0 aliphatic heterocycles. The molecule has 0 atom stereocenters. The number of halogens is 1. The Balaban J connectivity index is 2.15. The van der Waals surface area contributed by atoms with Gasteiger partial charge in [0.15, 0.2) is 0 Å². The summed E-state index contributed by atoms with van der Waals surface area (Å²) < 4.78 is 0. The Morgan fingerprint density at radius 3 is 2.86 bits per heavy atom. The van der Waals surface area contributed by atoms with Crippen LogP contribution in [0.1, 0.15) is 21.5 Å². The van der Waals surface area contributed by atoms with Gasteiger partial charge in [-0.15, -0.1) is 0 Å². The van der Waals surface area contributed by atoms with Gasteiger partial charge in [-0.25, -0.2) is 0 Å². The van der Waals surface area contributed by atoms with E-state index in [0.29, 0.717) is 0 Å². The summed E-state index contributed by atoms with van der Waals surface area (Å²) in [6.07, 6.45) is 3.32. The largest absolute Gasteiger partial charge is 0.348 e. The molecule has 0 spiro atoms. The SMILES string of the molecule is Cc1ccncc1CNC(=O)c1cc([N+](=O)[O-])ccc1Cl. The quantitative estimate of drug-likeness (QED) is 0.695. The lowest BCUT2D eigenvalue weighted by Gasteiger charge is -2.08. The molecule has 1 amide bonds. The highest BCUT2D eigenvalue weighted by molar-refractivity contribution is 6.33. The van der Waals surface area contributed by atoms with Gasteiger partial charge in [0.25, 0.3) is 11.6 Å². The van der Waals surface area contributed by atoms with E-state index in [4.69, 9.17) is 11.6 Å². The molecule has 1 heterocycles. The van der Waals surface area contributed by atoms with Crippen molar-refractivity contribution in [3.8, 4) is 0 Å². The summed E-state index contributed by atoms with van der Waals surface area (Å²) >= 11 is 5.91. The van der Waals surface area contributed by atoms with Crippen molar-refractivity contribution in [3.63, 3.8) is 0 Å². The highest BCUT2D eigenvalue weighted by Gasteiger charge is 2.15. The number of carbonyl (C=O) groups is 1. The van der Waals surface area contributed by atoms with Gasteiger partial charge in [-0.1, -0.05) is 11.6 Å². The molecule has 0 radical (unpaired) electrons. The third kappa shape index (κ3) is 3.55. The van der Waals surface area contributed by atoms with Crippen LogP contribution in [0.3, 0.4) is 0 Å². The first kappa shape index (κ1) is 14.9. The molecule has 7 heteroatoms. The number of nitrogens with zero attached hydrogens (tertiary/aromatic N) is 2. The van der Waals surface area contributed by atoms with E-state index in [0.717, 1.165) is 17.2 Å². The molecule has 108 valence electrons. The van der Waals surface area contributed by atoms with Crippen molar-refractivity contribution in [1.29, 1.82) is 0 Å². The summed E-state index contributed by atoms with van der Waals surface area (Å²) in [5, 5.41) is 13.6. The Labute approximate surface area is 125 Å². The van der Waals surface area contributed by atoms with Gasteiger partial charge in [0, 0.05) is 31.1 Å². The van der Waals surface area contributed by atoms with Gasteiger partial charge in [-0.2, -0.15) is 0 Å². The average Bonchev–Trinajstić information content (AvgIpc) is 2.46. The zero-order valence-electron chi connectivity index (χ0n) is 11.2. The van der Waals surface area contributed by atoms with Gasteiger partial charge < -0.3 is 5.32 Å². The van der Waals surface area contributed by atoms with Gasteiger partial charge in [0.1, 0.15) is 0 Å². The summed E-state index contributed by atoms with van der Waals surface area (Å²) in [7, 11) is 0. The molecule has 0 aliphatic carbocycles. The molecule has 21 heavy (non-hydrogen) atoms. The highest BCUT2D eigenvalue weighted by atomic mass is 35.5. The Morgan fingerprint density at radius 2 is 2.19 bits per heavy atom. The number of hydrogen-bond donors (Lipinski definition) is 1. The van der Waals surface area contributed by atoms with E-state index in [1.807, 2.05) is 13.0 Å². The first-order valence-corrected chi connectivity index (χ1v) is 6.48. The minimum absolute atomic E-state index is 0.0763. The van der Waals surface area contributed by atoms with Crippen LogP contribution in [-0.2, 0) is 6.54 Å². The van der Waals surface area contributed by atoms with Gasteiger partial charge in [-0.3, -0.25) is 19.9 Å². The highest BCUT2D eigenvalue weighted by Crippen LogP contribution is 2.22. The van der Waals surface area contributed by atoms with Crippen molar-refractivity contribution < 1.29 is 9.72 Å². The molecule has 6 nitrogen and oxygen atoms in total. The van der Waals surface area contributed by atoms with E-state index in [-0.39, 0.29) is 22.8 Å². The number of nitrogens with one attached hydrogen (secondary N) is 1. The van der Waals surface area contributed by atoms with Crippen LogP contribution in [-0.4, -0.2) is 15.8 Å². The lowest BCUT2D eigenvalue weighted by atomic mass is 10.1. The molecular weight excluding hydrogens is 294 g/mol. The number of rotatable bonds is 4. The molecule has 1 aromatic carbocycles. The molecule has 0 bridgehead atoms. The lowest BCUT2D eigenvalue weighted by molar-refractivity contribution is -0.384. The fourth-order valence-electron chi connectivity index (χ4n) is 1.75. The fraction of sp³-hybridized carbons (Fsp3) is 0.143. The lowest BCUT2D eigenvalue weighted by Crippen LogP contribution is -2.23. The molecule has 2 aromatic rings. The summed E-state index contributed by atoms with van der Waals surface area (Å²) in [6, 6.07) is 5.59. The van der Waals surface area contributed by atoms with Gasteiger partial charge in [-0.05, 0) is 30.2 Å². The number of hydrogen-bond acceptors (Lipinski definition) is 4. The van der Waals surface area contributed by atoms with Crippen LogP contribution in [0.2, 0.25) is 5.02 Å². The number of nitro groups is 1. The first-order chi connectivity index (χ1) is 9.99. The van der Waals surface area contributed by atoms with Crippen molar-refractivity contribution in [2.75, 3.05) is 0 Å². The van der Waals surface area contributed by atoms with Crippen LogP contribution in [0.5, 0.6) is 0 Å². The number of carbonyl (C=O) groups excluding carboxylic acids is 1. The van der Waals surface area contributed by atoms with E-state index in [2.05, 4.69) is 10.3 Å². The maximum atomic E-state index is 12.1. The van der Waals surface area contributed by atoms with E-state index >= 15 is 0 Å². The minimum Gasteiger partial charge on any atom is -0.348 e. The van der Waals surface area contributed by atoms with Crippen molar-refractivity contribution in [1.82, 2.24) is 10.3 Å². The predicted molar refractivity (Wildman–Crippen MR) is 78.3 cm³/mol. The summed E-state index contributed by atoms with van der Waals surface area (Å²) in [4.78, 5) is 26.2. The molecule has 2 rings (SSSR count). The number of non-ortho nitro benzene ring substituents is 1. The summed E-state index contributed by atoms with van der Waals surface area (Å²) in [5.41, 5.74) is 1.76. The maximum Gasteiger partial charge on any atom is 0.270 e. The van der Waals surface area contributed by atoms with Crippen LogP contribution in [0.25, 0.3) is 0 Å². The maximum absolute atomic E-state index is 12.1. The second-order valence-corrected chi connectivity index (χ2v) is 4.81. The zero-order chi connectivity index (χ0) is 15.4. The third-order valence-corrected chi connectivity index (χ3v) is 3.32. The third-order valence-electron chi connectivity index (χ3n) is 2.99. The normalized spacial score (nSPS) is 10.2. The number of aryl methyl sites for hydroxylation is 1. The second-order valence-electron chi connectivity index (χ2n) is 4.41. The van der Waals surface area contributed by atoms with Crippen LogP contribution < -0.4 is 5.32 Å². The summed E-state index contributed by atoms with van der Waals surface area (Å²) in [5.74, 6) is -0.466. The van der Waals surface area contributed by atoms with E-state index in [1.165, 1.54) is 12.1 Å². The molecule has 0 saturated heterocycles.